The van der Waals surface area contributed by atoms with Crippen LogP contribution in [0.2, 0.25) is 65.0 Å². The molecule has 206 valence electrons. The minimum atomic E-state index is -2.23. The van der Waals surface area contributed by atoms with Gasteiger partial charge in [0.25, 0.3) is 0 Å². The van der Waals surface area contributed by atoms with E-state index >= 15 is 0 Å². The molecular weight excluding hydrogens is 505 g/mol. The Kier molecular flexibility index (Phi) is 10.2. The Morgan fingerprint density at radius 3 is 1.51 bits per heavy atom. The Balaban J connectivity index is 0.000000281. The van der Waals surface area contributed by atoms with E-state index in [-0.39, 0.29) is 0 Å². The first-order chi connectivity index (χ1) is 16.1. The van der Waals surface area contributed by atoms with E-state index in [4.69, 9.17) is 21.8 Å². The zero-order chi connectivity index (χ0) is 26.1. The summed E-state index contributed by atoms with van der Waals surface area (Å²) in [6, 6.07) is 1.09. The largest absolute Gasteiger partial charge is 0.437 e. The van der Waals surface area contributed by atoms with E-state index in [1.165, 1.54) is 57.8 Å². The Labute approximate surface area is 221 Å². The lowest BCUT2D eigenvalue weighted by atomic mass is 9.86. The molecule has 2 heterocycles. The molecule has 4 aliphatic rings. The zero-order valence-electron chi connectivity index (χ0n) is 24.6. The molecule has 9 heteroatoms. The van der Waals surface area contributed by atoms with Crippen LogP contribution in [0, 0.1) is 11.8 Å². The molecule has 0 aromatic rings. The second kappa shape index (κ2) is 11.8. The highest BCUT2D eigenvalue weighted by molar-refractivity contribution is 6.89. The van der Waals surface area contributed by atoms with Crippen LogP contribution in [0.4, 0.5) is 0 Å². The molecule has 2 aliphatic carbocycles. The van der Waals surface area contributed by atoms with Crippen LogP contribution < -0.4 is 0 Å². The van der Waals surface area contributed by atoms with Gasteiger partial charge in [0.1, 0.15) is 0 Å². The smallest absolute Gasteiger partial charge is 0.315 e. The molecule has 2 saturated heterocycles. The van der Waals surface area contributed by atoms with Crippen molar-refractivity contribution in [1.29, 1.82) is 0 Å². The van der Waals surface area contributed by atoms with E-state index in [0.29, 0.717) is 24.4 Å². The van der Waals surface area contributed by atoms with Gasteiger partial charge in [-0.15, -0.1) is 0 Å². The summed E-state index contributed by atoms with van der Waals surface area (Å²) in [5, 5.41) is 0. The average Bonchev–Trinajstić information content (AvgIpc) is 3.57. The van der Waals surface area contributed by atoms with Crippen LogP contribution in [0.5, 0.6) is 0 Å². The van der Waals surface area contributed by atoms with Gasteiger partial charge in [0, 0.05) is 0 Å². The van der Waals surface area contributed by atoms with Gasteiger partial charge in [0.05, 0.1) is 24.4 Å². The zero-order valence-corrected chi connectivity index (χ0v) is 28.6. The lowest BCUT2D eigenvalue weighted by Crippen LogP contribution is -2.56. The molecule has 4 fully saturated rings. The molecular formula is C26H56O5Si4. The van der Waals surface area contributed by atoms with Gasteiger partial charge >= 0.3 is 17.1 Å². The monoisotopic (exact) mass is 560 g/mol. The molecule has 0 spiro atoms. The molecule has 2 saturated carbocycles. The van der Waals surface area contributed by atoms with Crippen molar-refractivity contribution in [2.75, 3.05) is 0 Å². The molecule has 0 bridgehead atoms. The van der Waals surface area contributed by atoms with Crippen LogP contribution in [0.3, 0.4) is 0 Å². The molecule has 0 N–H and O–H groups in total. The number of hydrogen-bond acceptors (Lipinski definition) is 5. The van der Waals surface area contributed by atoms with Gasteiger partial charge in [-0.3, -0.25) is 0 Å². The highest BCUT2D eigenvalue weighted by Crippen LogP contribution is 2.42. The fourth-order valence-corrected chi connectivity index (χ4v) is 24.5. The van der Waals surface area contributed by atoms with Crippen molar-refractivity contribution in [2.45, 2.75) is 154 Å². The van der Waals surface area contributed by atoms with E-state index in [1.54, 1.807) is 0 Å². The lowest BCUT2D eigenvalue weighted by Gasteiger charge is -2.41. The molecule has 5 nitrogen and oxygen atoms in total. The van der Waals surface area contributed by atoms with E-state index < -0.39 is 33.8 Å². The van der Waals surface area contributed by atoms with E-state index in [1.807, 2.05) is 0 Å². The van der Waals surface area contributed by atoms with Crippen LogP contribution in [0.15, 0.2) is 0 Å². The molecule has 0 radical (unpaired) electrons. The highest BCUT2D eigenvalue weighted by atomic mass is 28.5. The SMILES string of the molecule is CCCC1CCC2OC2C1.C[Si](C)(C)O[Si](C)(C)O[Si](C)(CCC1CCC2OC2C1)O[Si](C)(C)C. The highest BCUT2D eigenvalue weighted by Gasteiger charge is 2.47. The Hall–Kier alpha value is 0.668. The fraction of sp³-hybridized carbons (Fsp3) is 1.00. The van der Waals surface area contributed by atoms with E-state index in [9.17, 15) is 0 Å². The molecule has 7 unspecified atom stereocenters. The van der Waals surface area contributed by atoms with E-state index in [2.05, 4.69) is 65.8 Å². The van der Waals surface area contributed by atoms with Gasteiger partial charge in [0.2, 0.25) is 0 Å². The Morgan fingerprint density at radius 2 is 1.09 bits per heavy atom. The molecule has 0 aromatic heterocycles. The summed E-state index contributed by atoms with van der Waals surface area (Å²) in [4.78, 5) is 0. The lowest BCUT2D eigenvalue weighted by molar-refractivity contribution is 0.309. The second-order valence-corrected chi connectivity index (χ2v) is 30.6. The first-order valence-corrected chi connectivity index (χ1v) is 26.6. The maximum absolute atomic E-state index is 6.78. The van der Waals surface area contributed by atoms with Crippen molar-refractivity contribution < 1.29 is 21.8 Å². The molecule has 35 heavy (non-hydrogen) atoms. The third-order valence-electron chi connectivity index (χ3n) is 7.46. The predicted molar refractivity (Wildman–Crippen MR) is 155 cm³/mol. The van der Waals surface area contributed by atoms with Gasteiger partial charge in [-0.2, -0.15) is 0 Å². The molecule has 4 rings (SSSR count). The summed E-state index contributed by atoms with van der Waals surface area (Å²) in [6.07, 6.45) is 14.5. The van der Waals surface area contributed by atoms with Gasteiger partial charge in [-0.05, 0) is 122 Å². The third kappa shape index (κ3) is 11.1. The summed E-state index contributed by atoms with van der Waals surface area (Å²) < 4.78 is 31.1. The average molecular weight is 561 g/mol. The second-order valence-electron chi connectivity index (χ2n) is 14.2. The number of fused-ring (bicyclic) bond motifs is 2. The molecule has 2 aliphatic heterocycles. The van der Waals surface area contributed by atoms with Gasteiger partial charge in [-0.25, -0.2) is 0 Å². The molecule has 7 atom stereocenters. The van der Waals surface area contributed by atoms with Crippen LogP contribution in [0.1, 0.15) is 64.7 Å². The standard InChI is InChI=1S/C17H40O4Si4.C9H16O/c1-22(2,3)19-24(7,8)21-25(9,20-23(4,5)6)13-12-15-10-11-16-17(14-15)18-16;1-2-3-7-4-5-8-9(6-7)10-8/h15-17H,10-14H2,1-9H3;7-9H,2-6H2,1H3. The fourth-order valence-electron chi connectivity index (χ4n) is 6.42. The predicted octanol–water partition coefficient (Wildman–Crippen LogP) is 7.79. The minimum absolute atomic E-state index is 0.562. The van der Waals surface area contributed by atoms with Crippen molar-refractivity contribution in [1.82, 2.24) is 0 Å². The van der Waals surface area contributed by atoms with Crippen LogP contribution >= 0.6 is 0 Å². The van der Waals surface area contributed by atoms with Crippen LogP contribution in [-0.4, -0.2) is 58.2 Å². The summed E-state index contributed by atoms with van der Waals surface area (Å²) >= 11 is 0. The van der Waals surface area contributed by atoms with Crippen LogP contribution in [-0.2, 0) is 21.8 Å². The number of epoxide rings is 2. The van der Waals surface area contributed by atoms with Gasteiger partial charge < -0.3 is 21.8 Å². The van der Waals surface area contributed by atoms with Crippen molar-refractivity contribution >= 4 is 33.8 Å². The Bertz CT molecular complexity index is 680. The first kappa shape index (κ1) is 30.2. The Morgan fingerprint density at radius 1 is 0.600 bits per heavy atom. The van der Waals surface area contributed by atoms with Crippen molar-refractivity contribution in [3.05, 3.63) is 0 Å². The first-order valence-electron chi connectivity index (χ1n) is 14.5. The normalized spacial score (nSPS) is 34.1. The quantitative estimate of drug-likeness (QED) is 0.191. The number of hydrogen-bond donors (Lipinski definition) is 0. The van der Waals surface area contributed by atoms with Gasteiger partial charge in [-0.1, -0.05) is 19.8 Å². The number of ether oxygens (including phenoxy) is 2. The molecule has 0 amide bonds. The maximum atomic E-state index is 6.78. The summed E-state index contributed by atoms with van der Waals surface area (Å²) in [5.41, 5.74) is 0. The minimum Gasteiger partial charge on any atom is -0.437 e. The summed E-state index contributed by atoms with van der Waals surface area (Å²) in [7, 11) is -7.67. The third-order valence-corrected chi connectivity index (χ3v) is 20.9. The number of rotatable bonds is 11. The van der Waals surface area contributed by atoms with Crippen LogP contribution in [0.25, 0.3) is 0 Å². The van der Waals surface area contributed by atoms with Crippen molar-refractivity contribution in [2.24, 2.45) is 11.8 Å². The molecule has 0 aromatic carbocycles. The van der Waals surface area contributed by atoms with Crippen molar-refractivity contribution in [3.8, 4) is 0 Å². The van der Waals surface area contributed by atoms with E-state index in [0.717, 1.165) is 17.9 Å². The topological polar surface area (TPSA) is 52.8 Å². The van der Waals surface area contributed by atoms with Crippen molar-refractivity contribution in [3.63, 3.8) is 0 Å². The van der Waals surface area contributed by atoms with Gasteiger partial charge in [0.15, 0.2) is 16.6 Å². The summed E-state index contributed by atoms with van der Waals surface area (Å²) in [6.45, 7) is 22.5. The summed E-state index contributed by atoms with van der Waals surface area (Å²) in [5.74, 6) is 1.78. The maximum Gasteiger partial charge on any atom is 0.315 e.